The molecule has 35 heavy (non-hydrogen) atoms. The third-order valence-electron chi connectivity index (χ3n) is 6.08. The van der Waals surface area contributed by atoms with Crippen molar-refractivity contribution in [2.24, 2.45) is 0 Å². The van der Waals surface area contributed by atoms with E-state index >= 15 is 0 Å². The molecule has 0 fully saturated rings. The molecule has 8 heteroatoms. The average molecular weight is 537 g/mol. The molecule has 4 rings (SSSR count). The van der Waals surface area contributed by atoms with Crippen molar-refractivity contribution in [3.05, 3.63) is 87.9 Å². The molecule has 0 radical (unpaired) electrons. The Balaban J connectivity index is 1.34. The number of carbonyl (C=O) groups excluding carboxylic acids is 2. The van der Waals surface area contributed by atoms with Crippen molar-refractivity contribution in [3.63, 3.8) is 0 Å². The van der Waals surface area contributed by atoms with E-state index in [0.29, 0.717) is 16.6 Å². The summed E-state index contributed by atoms with van der Waals surface area (Å²) in [7, 11) is 0. The van der Waals surface area contributed by atoms with Crippen LogP contribution in [0.15, 0.2) is 71.2 Å². The summed E-state index contributed by atoms with van der Waals surface area (Å²) in [5.41, 5.74) is 4.97. The van der Waals surface area contributed by atoms with Crippen molar-refractivity contribution in [1.29, 1.82) is 0 Å². The highest BCUT2D eigenvalue weighted by Crippen LogP contribution is 2.44. The number of nitrogens with one attached hydrogen (secondary N) is 2. The molecule has 7 nitrogen and oxygen atoms in total. The second kappa shape index (κ2) is 10.7. The molecule has 3 N–H and O–H groups in total. The van der Waals surface area contributed by atoms with E-state index in [1.54, 1.807) is 6.07 Å². The van der Waals surface area contributed by atoms with Gasteiger partial charge in [0.15, 0.2) is 0 Å². The fraction of sp³-hybridized carbons (Fsp3) is 0.222. The van der Waals surface area contributed by atoms with Gasteiger partial charge in [0.2, 0.25) is 5.91 Å². The van der Waals surface area contributed by atoms with Gasteiger partial charge in [-0.25, -0.2) is 9.59 Å². The topological polar surface area (TPSA) is 105 Å². The number of halogens is 1. The summed E-state index contributed by atoms with van der Waals surface area (Å²) >= 11 is 3.31. The Morgan fingerprint density at radius 1 is 1.00 bits per heavy atom. The van der Waals surface area contributed by atoms with Gasteiger partial charge in [0.05, 0.1) is 11.3 Å². The first-order chi connectivity index (χ1) is 16.9. The number of anilines is 1. The molecular weight excluding hydrogens is 512 g/mol. The van der Waals surface area contributed by atoms with Crippen LogP contribution in [-0.4, -0.2) is 35.7 Å². The van der Waals surface area contributed by atoms with Gasteiger partial charge in [-0.3, -0.25) is 4.79 Å². The highest BCUT2D eigenvalue weighted by atomic mass is 79.9. The standard InChI is InChI=1S/C27H25BrN2O5/c1-2-17(14-25(31)30-24-13-16(26(32)33)11-12-23(24)28)29-27(34)35-15-22-20-9-5-3-7-18(20)19-8-4-6-10-21(19)22/h3-13,17,22H,2,14-15H2,1H3,(H,29,34)(H,30,31)(H,32,33)/t17-/m1/s1. The Kier molecular flexibility index (Phi) is 7.51. The van der Waals surface area contributed by atoms with E-state index in [4.69, 9.17) is 9.84 Å². The molecule has 0 unspecified atom stereocenters. The summed E-state index contributed by atoms with van der Waals surface area (Å²) in [6.45, 7) is 2.06. The van der Waals surface area contributed by atoms with Gasteiger partial charge in [-0.05, 0) is 62.8 Å². The quantitative estimate of drug-likeness (QED) is 0.337. The van der Waals surface area contributed by atoms with E-state index in [-0.39, 0.29) is 30.4 Å². The van der Waals surface area contributed by atoms with Crippen LogP contribution in [0, 0.1) is 0 Å². The van der Waals surface area contributed by atoms with E-state index < -0.39 is 18.1 Å². The van der Waals surface area contributed by atoms with Crippen LogP contribution < -0.4 is 10.6 Å². The summed E-state index contributed by atoms with van der Waals surface area (Å²) in [6.07, 6.45) is -0.0427. The third-order valence-corrected chi connectivity index (χ3v) is 6.77. The van der Waals surface area contributed by atoms with Gasteiger partial charge < -0.3 is 20.5 Å². The first kappa shape index (κ1) is 24.5. The van der Waals surface area contributed by atoms with E-state index in [1.807, 2.05) is 31.2 Å². The monoisotopic (exact) mass is 536 g/mol. The molecule has 0 saturated heterocycles. The number of carbonyl (C=O) groups is 3. The normalized spacial score (nSPS) is 12.9. The number of alkyl carbamates (subject to hydrolysis) is 1. The Bertz CT molecular complexity index is 1230. The van der Waals surface area contributed by atoms with Crippen molar-refractivity contribution in [2.45, 2.75) is 31.7 Å². The van der Waals surface area contributed by atoms with Crippen LogP contribution in [0.5, 0.6) is 0 Å². The van der Waals surface area contributed by atoms with E-state index in [2.05, 4.69) is 50.8 Å². The third kappa shape index (κ3) is 5.54. The maximum Gasteiger partial charge on any atom is 0.407 e. The van der Waals surface area contributed by atoms with Gasteiger partial charge >= 0.3 is 12.1 Å². The molecule has 3 aromatic carbocycles. The van der Waals surface area contributed by atoms with E-state index in [9.17, 15) is 14.4 Å². The van der Waals surface area contributed by atoms with Gasteiger partial charge in [0.1, 0.15) is 6.61 Å². The van der Waals surface area contributed by atoms with Crippen LogP contribution in [0.4, 0.5) is 10.5 Å². The molecule has 2 amide bonds. The number of carboxylic acids is 1. The van der Waals surface area contributed by atoms with Gasteiger partial charge in [-0.2, -0.15) is 0 Å². The SMILES string of the molecule is CC[C@H](CC(=O)Nc1cc(C(=O)O)ccc1Br)NC(=O)OCC1c2ccccc2-c2ccccc21. The van der Waals surface area contributed by atoms with Crippen LogP contribution in [0.1, 0.15) is 47.2 Å². The van der Waals surface area contributed by atoms with Crippen LogP contribution in [0.25, 0.3) is 11.1 Å². The first-order valence-electron chi connectivity index (χ1n) is 11.3. The van der Waals surface area contributed by atoms with Crippen molar-refractivity contribution in [3.8, 4) is 11.1 Å². The van der Waals surface area contributed by atoms with Crippen molar-refractivity contribution >= 4 is 39.6 Å². The number of fused-ring (bicyclic) bond motifs is 3. The molecule has 0 aromatic heterocycles. The number of hydrogen-bond donors (Lipinski definition) is 3. The fourth-order valence-corrected chi connectivity index (χ4v) is 4.63. The second-order valence-corrected chi connectivity index (χ2v) is 9.18. The minimum Gasteiger partial charge on any atom is -0.478 e. The highest BCUT2D eigenvalue weighted by Gasteiger charge is 2.29. The summed E-state index contributed by atoms with van der Waals surface area (Å²) in [5.74, 6) is -1.48. The number of carboxylic acid groups (broad SMARTS) is 1. The highest BCUT2D eigenvalue weighted by molar-refractivity contribution is 9.10. The van der Waals surface area contributed by atoms with Crippen LogP contribution >= 0.6 is 15.9 Å². The van der Waals surface area contributed by atoms with Crippen LogP contribution in [0.2, 0.25) is 0 Å². The lowest BCUT2D eigenvalue weighted by Crippen LogP contribution is -2.38. The number of aromatic carboxylic acids is 1. The van der Waals surface area contributed by atoms with E-state index in [1.165, 1.54) is 12.1 Å². The van der Waals surface area contributed by atoms with Gasteiger partial charge in [-0.15, -0.1) is 0 Å². The second-order valence-electron chi connectivity index (χ2n) is 8.33. The molecule has 1 aliphatic rings. The van der Waals surface area contributed by atoms with Gasteiger partial charge in [0, 0.05) is 22.9 Å². The lowest BCUT2D eigenvalue weighted by atomic mass is 9.98. The van der Waals surface area contributed by atoms with Gasteiger partial charge in [0.25, 0.3) is 0 Å². The number of rotatable bonds is 8. The molecule has 0 bridgehead atoms. The molecule has 1 atom stereocenters. The summed E-state index contributed by atoms with van der Waals surface area (Å²) in [4.78, 5) is 36.3. The zero-order chi connectivity index (χ0) is 24.9. The first-order valence-corrected chi connectivity index (χ1v) is 12.1. The molecular formula is C27H25BrN2O5. The summed E-state index contributed by atoms with van der Waals surface area (Å²) in [6, 6.07) is 20.2. The molecule has 0 aliphatic heterocycles. The predicted octanol–water partition coefficient (Wildman–Crippen LogP) is 5.79. The minimum atomic E-state index is -1.09. The molecule has 1 aliphatic carbocycles. The van der Waals surface area contributed by atoms with Crippen molar-refractivity contribution in [1.82, 2.24) is 5.32 Å². The lowest BCUT2D eigenvalue weighted by molar-refractivity contribution is -0.116. The number of benzene rings is 3. The van der Waals surface area contributed by atoms with Gasteiger partial charge in [-0.1, -0.05) is 55.5 Å². The van der Waals surface area contributed by atoms with Crippen molar-refractivity contribution in [2.75, 3.05) is 11.9 Å². The lowest BCUT2D eigenvalue weighted by Gasteiger charge is -2.19. The molecule has 0 heterocycles. The smallest absolute Gasteiger partial charge is 0.407 e. The molecule has 0 spiro atoms. The number of ether oxygens (including phenoxy) is 1. The molecule has 3 aromatic rings. The maximum atomic E-state index is 12.6. The summed E-state index contributed by atoms with van der Waals surface area (Å²) in [5, 5.41) is 14.6. The Morgan fingerprint density at radius 2 is 1.63 bits per heavy atom. The molecule has 0 saturated carbocycles. The van der Waals surface area contributed by atoms with Crippen LogP contribution in [-0.2, 0) is 9.53 Å². The maximum absolute atomic E-state index is 12.6. The summed E-state index contributed by atoms with van der Waals surface area (Å²) < 4.78 is 6.14. The Morgan fingerprint density at radius 3 is 2.23 bits per heavy atom. The Hall–Kier alpha value is -3.65. The predicted molar refractivity (Wildman–Crippen MR) is 137 cm³/mol. The minimum absolute atomic E-state index is 0.0183. The molecule has 180 valence electrons. The zero-order valence-corrected chi connectivity index (χ0v) is 20.7. The average Bonchev–Trinajstić information content (AvgIpc) is 3.17. The number of hydrogen-bond acceptors (Lipinski definition) is 4. The van der Waals surface area contributed by atoms with E-state index in [0.717, 1.165) is 22.3 Å². The van der Waals surface area contributed by atoms with Crippen LogP contribution in [0.3, 0.4) is 0 Å². The van der Waals surface area contributed by atoms with Crippen molar-refractivity contribution < 1.29 is 24.2 Å². The number of amides is 2. The fourth-order valence-electron chi connectivity index (χ4n) is 4.28. The zero-order valence-electron chi connectivity index (χ0n) is 19.1. The Labute approximate surface area is 211 Å². The largest absolute Gasteiger partial charge is 0.478 e.